The largest absolute Gasteiger partial charge is 0.418 e. The molecule has 0 saturated carbocycles. The minimum absolute atomic E-state index is 0.0965. The number of halogens is 3. The maximum absolute atomic E-state index is 13.1. The van der Waals surface area contributed by atoms with E-state index >= 15 is 0 Å². The summed E-state index contributed by atoms with van der Waals surface area (Å²) in [6.07, 6.45) is -4.62. The number of para-hydroxylation sites is 1. The molecule has 2 N–H and O–H groups in total. The highest BCUT2D eigenvalue weighted by Crippen LogP contribution is 2.45. The Balaban J connectivity index is 2.02. The molecule has 0 fully saturated rings. The molecule has 0 spiro atoms. The molecule has 0 radical (unpaired) electrons. The first-order chi connectivity index (χ1) is 11.2. The normalized spacial score (nSPS) is 20.2. The Kier molecular flexibility index (Phi) is 3.85. The van der Waals surface area contributed by atoms with E-state index in [1.807, 2.05) is 6.07 Å². The van der Waals surface area contributed by atoms with Crippen molar-refractivity contribution in [2.45, 2.75) is 18.4 Å². The number of carbonyl (C=O) groups is 1. The summed E-state index contributed by atoms with van der Waals surface area (Å²) in [6, 6.07) is 12.4. The maximum Gasteiger partial charge on any atom is 0.418 e. The molecule has 1 heterocycles. The van der Waals surface area contributed by atoms with Crippen LogP contribution in [0.25, 0.3) is 0 Å². The van der Waals surface area contributed by atoms with Gasteiger partial charge in [0.1, 0.15) is 0 Å². The van der Waals surface area contributed by atoms with Gasteiger partial charge in [-0.05, 0) is 18.7 Å². The quantitative estimate of drug-likeness (QED) is 0.848. The Morgan fingerprint density at radius 1 is 1.12 bits per heavy atom. The third-order valence-electron chi connectivity index (χ3n) is 4.12. The van der Waals surface area contributed by atoms with Crippen molar-refractivity contribution in [3.8, 4) is 0 Å². The molecule has 1 unspecified atom stereocenters. The Morgan fingerprint density at radius 2 is 1.79 bits per heavy atom. The van der Waals surface area contributed by atoms with Gasteiger partial charge in [-0.2, -0.15) is 13.2 Å². The molecule has 1 amide bonds. The molecule has 1 atom stereocenters. The van der Waals surface area contributed by atoms with Crippen LogP contribution in [0, 0.1) is 0 Å². The zero-order valence-electron chi connectivity index (χ0n) is 12.8. The van der Waals surface area contributed by atoms with Gasteiger partial charge in [-0.25, -0.2) is 0 Å². The Morgan fingerprint density at radius 3 is 2.42 bits per heavy atom. The van der Waals surface area contributed by atoms with Gasteiger partial charge in [0.05, 0.1) is 11.3 Å². The van der Waals surface area contributed by atoms with Crippen molar-refractivity contribution in [1.29, 1.82) is 0 Å². The summed E-state index contributed by atoms with van der Waals surface area (Å²) in [4.78, 5) is 13.6. The Bertz CT molecular complexity index is 777. The maximum atomic E-state index is 13.1. The van der Waals surface area contributed by atoms with Crippen molar-refractivity contribution in [2.75, 3.05) is 12.4 Å². The van der Waals surface area contributed by atoms with Crippen molar-refractivity contribution < 1.29 is 23.1 Å². The number of carbonyl (C=O) groups excluding carboxylic acids is 1. The van der Waals surface area contributed by atoms with Crippen LogP contribution in [0.5, 0.6) is 0 Å². The number of benzene rings is 2. The number of alkyl halides is 3. The number of aliphatic hydroxyl groups is 1. The van der Waals surface area contributed by atoms with Gasteiger partial charge in [-0.3, -0.25) is 9.69 Å². The van der Waals surface area contributed by atoms with Crippen LogP contribution in [0.1, 0.15) is 16.7 Å². The van der Waals surface area contributed by atoms with Crippen LogP contribution in [0.4, 0.5) is 18.9 Å². The first kappa shape index (κ1) is 16.5. The van der Waals surface area contributed by atoms with Gasteiger partial charge in [0, 0.05) is 12.1 Å². The summed E-state index contributed by atoms with van der Waals surface area (Å²) in [5.41, 5.74) is -2.80. The summed E-state index contributed by atoms with van der Waals surface area (Å²) in [5.74, 6) is -0.896. The minimum Gasteiger partial charge on any atom is -0.364 e. The molecule has 7 heteroatoms. The summed E-state index contributed by atoms with van der Waals surface area (Å²) in [7, 11) is 1.49. The van der Waals surface area contributed by atoms with Gasteiger partial charge in [0.15, 0.2) is 0 Å². The fourth-order valence-corrected chi connectivity index (χ4v) is 2.89. The predicted molar refractivity (Wildman–Crippen MR) is 81.9 cm³/mol. The molecule has 1 aliphatic rings. The SMILES string of the molecule is CN(Cc1ccccc1)C1(O)C(=O)Nc2c(C(F)(F)F)cccc21. The summed E-state index contributed by atoms with van der Waals surface area (Å²) >= 11 is 0. The van der Waals surface area contributed by atoms with E-state index in [4.69, 9.17) is 0 Å². The standard InChI is InChI=1S/C17H15F3N2O2/c1-22(10-11-6-3-2-4-7-11)16(24)12-8-5-9-13(17(18,19)20)14(12)21-15(16)23/h2-9,24H,10H2,1H3,(H,21,23). The lowest BCUT2D eigenvalue weighted by molar-refractivity contribution is -0.156. The molecule has 24 heavy (non-hydrogen) atoms. The smallest absolute Gasteiger partial charge is 0.364 e. The van der Waals surface area contributed by atoms with Crippen LogP contribution < -0.4 is 5.32 Å². The van der Waals surface area contributed by atoms with Crippen LogP contribution in [-0.4, -0.2) is 23.0 Å². The van der Waals surface area contributed by atoms with Crippen LogP contribution in [0.2, 0.25) is 0 Å². The number of rotatable bonds is 3. The summed E-state index contributed by atoms with van der Waals surface area (Å²) in [5, 5.41) is 13.1. The average molecular weight is 336 g/mol. The highest BCUT2D eigenvalue weighted by molar-refractivity contribution is 6.05. The monoisotopic (exact) mass is 336 g/mol. The van der Waals surface area contributed by atoms with E-state index in [1.165, 1.54) is 24.1 Å². The predicted octanol–water partition coefficient (Wildman–Crippen LogP) is 2.93. The van der Waals surface area contributed by atoms with E-state index in [1.54, 1.807) is 24.3 Å². The van der Waals surface area contributed by atoms with Crippen molar-refractivity contribution in [2.24, 2.45) is 0 Å². The molecule has 0 saturated heterocycles. The van der Waals surface area contributed by atoms with Gasteiger partial charge in [0.2, 0.25) is 5.72 Å². The molecule has 1 aliphatic heterocycles. The van der Waals surface area contributed by atoms with Crippen LogP contribution in [-0.2, 0) is 23.2 Å². The van der Waals surface area contributed by atoms with Gasteiger partial charge in [0.25, 0.3) is 5.91 Å². The highest BCUT2D eigenvalue weighted by Gasteiger charge is 2.51. The minimum atomic E-state index is -4.62. The number of hydrogen-bond acceptors (Lipinski definition) is 3. The third kappa shape index (κ3) is 2.55. The van der Waals surface area contributed by atoms with Gasteiger partial charge < -0.3 is 10.4 Å². The fraction of sp³-hybridized carbons (Fsp3) is 0.235. The highest BCUT2D eigenvalue weighted by atomic mass is 19.4. The number of nitrogens with zero attached hydrogens (tertiary/aromatic N) is 1. The Labute approximate surface area is 136 Å². The van der Waals surface area contributed by atoms with Gasteiger partial charge in [-0.1, -0.05) is 42.5 Å². The van der Waals surface area contributed by atoms with E-state index in [-0.39, 0.29) is 12.1 Å². The van der Waals surface area contributed by atoms with Gasteiger partial charge in [-0.15, -0.1) is 0 Å². The Hall–Kier alpha value is -2.38. The van der Waals surface area contributed by atoms with E-state index < -0.39 is 29.1 Å². The number of fused-ring (bicyclic) bond motifs is 1. The molecule has 4 nitrogen and oxygen atoms in total. The topological polar surface area (TPSA) is 52.6 Å². The number of hydrogen-bond donors (Lipinski definition) is 2. The molecule has 126 valence electrons. The second-order valence-electron chi connectivity index (χ2n) is 5.69. The number of amides is 1. The van der Waals surface area contributed by atoms with Crippen molar-refractivity contribution in [1.82, 2.24) is 4.90 Å². The second-order valence-corrected chi connectivity index (χ2v) is 5.69. The molecular formula is C17H15F3N2O2. The number of likely N-dealkylation sites (N-methyl/N-ethyl adjacent to an activating group) is 1. The molecule has 2 aromatic carbocycles. The number of anilines is 1. The third-order valence-corrected chi connectivity index (χ3v) is 4.12. The lowest BCUT2D eigenvalue weighted by atomic mass is 9.99. The van der Waals surface area contributed by atoms with E-state index in [2.05, 4.69) is 5.32 Å². The fourth-order valence-electron chi connectivity index (χ4n) is 2.89. The first-order valence-corrected chi connectivity index (χ1v) is 7.24. The van der Waals surface area contributed by atoms with Crippen LogP contribution in [0.15, 0.2) is 48.5 Å². The van der Waals surface area contributed by atoms with E-state index in [0.717, 1.165) is 11.6 Å². The molecule has 2 aromatic rings. The van der Waals surface area contributed by atoms with Crippen LogP contribution in [0.3, 0.4) is 0 Å². The van der Waals surface area contributed by atoms with Crippen molar-refractivity contribution >= 4 is 11.6 Å². The van der Waals surface area contributed by atoms with Crippen LogP contribution >= 0.6 is 0 Å². The number of nitrogens with one attached hydrogen (secondary N) is 1. The molecule has 0 bridgehead atoms. The summed E-state index contributed by atoms with van der Waals surface area (Å²) in [6.45, 7) is 0.195. The van der Waals surface area contributed by atoms with Crippen molar-refractivity contribution in [3.63, 3.8) is 0 Å². The summed E-state index contributed by atoms with van der Waals surface area (Å²) < 4.78 is 39.4. The van der Waals surface area contributed by atoms with Gasteiger partial charge >= 0.3 is 6.18 Å². The lowest BCUT2D eigenvalue weighted by Gasteiger charge is -2.32. The molecule has 0 aliphatic carbocycles. The molecular weight excluding hydrogens is 321 g/mol. The van der Waals surface area contributed by atoms with E-state index in [0.29, 0.717) is 0 Å². The zero-order chi connectivity index (χ0) is 17.5. The lowest BCUT2D eigenvalue weighted by Crippen LogP contribution is -2.48. The second kappa shape index (κ2) is 5.61. The van der Waals surface area contributed by atoms with Crippen molar-refractivity contribution in [3.05, 3.63) is 65.2 Å². The first-order valence-electron chi connectivity index (χ1n) is 7.24. The van der Waals surface area contributed by atoms with E-state index in [9.17, 15) is 23.1 Å². The molecule has 0 aromatic heterocycles. The average Bonchev–Trinajstić information content (AvgIpc) is 2.80. The zero-order valence-corrected chi connectivity index (χ0v) is 12.8. The molecule has 3 rings (SSSR count).